The third kappa shape index (κ3) is 3.57. The Hall–Kier alpha value is -3.95. The van der Waals surface area contributed by atoms with Crippen molar-refractivity contribution in [2.45, 2.75) is 13.5 Å². The average Bonchev–Trinajstić information content (AvgIpc) is 3.61. The van der Waals surface area contributed by atoms with E-state index >= 15 is 0 Å². The van der Waals surface area contributed by atoms with Gasteiger partial charge >= 0.3 is 0 Å². The maximum absolute atomic E-state index is 4.87. The monoisotopic (exact) mass is 452 g/mol. The number of hydrogen-bond acceptors (Lipinski definition) is 7. The lowest BCUT2D eigenvalue weighted by Gasteiger charge is -2.05. The molecule has 3 N–H and O–H groups in total. The van der Waals surface area contributed by atoms with Crippen molar-refractivity contribution in [1.29, 1.82) is 0 Å². The number of hydrogen-bond donors (Lipinski definition) is 3. The Morgan fingerprint density at radius 3 is 2.85 bits per heavy atom. The van der Waals surface area contributed by atoms with E-state index in [1.165, 1.54) is 0 Å². The van der Waals surface area contributed by atoms with Crippen LogP contribution in [0.1, 0.15) is 12.5 Å². The number of imidazole rings is 1. The predicted molar refractivity (Wildman–Crippen MR) is 131 cm³/mol. The van der Waals surface area contributed by atoms with E-state index in [2.05, 4.69) is 59.9 Å². The van der Waals surface area contributed by atoms with E-state index in [9.17, 15) is 0 Å². The molecule has 0 aliphatic rings. The summed E-state index contributed by atoms with van der Waals surface area (Å²) in [5, 5.41) is 16.0. The van der Waals surface area contributed by atoms with E-state index in [1.54, 1.807) is 23.7 Å². The number of nitrogens with one attached hydrogen (secondary N) is 3. The Morgan fingerprint density at radius 1 is 1.00 bits per heavy atom. The van der Waals surface area contributed by atoms with Crippen LogP contribution in [0.15, 0.2) is 59.8 Å². The summed E-state index contributed by atoms with van der Waals surface area (Å²) in [6.07, 6.45) is 7.32. The second-order valence-corrected chi connectivity index (χ2v) is 8.48. The van der Waals surface area contributed by atoms with Gasteiger partial charge in [-0.15, -0.1) is 0 Å². The largest absolute Gasteiger partial charge is 0.336 e. The summed E-state index contributed by atoms with van der Waals surface area (Å²) in [6.45, 7) is 3.77. The number of fused-ring (bicyclic) bond motifs is 2. The minimum atomic E-state index is 0.692. The van der Waals surface area contributed by atoms with E-state index in [0.29, 0.717) is 5.82 Å². The van der Waals surface area contributed by atoms with Crippen molar-refractivity contribution in [3.05, 3.63) is 65.4 Å². The summed E-state index contributed by atoms with van der Waals surface area (Å²) in [6, 6.07) is 8.14. The van der Waals surface area contributed by atoms with Gasteiger partial charge in [-0.3, -0.25) is 20.1 Å². The van der Waals surface area contributed by atoms with Crippen LogP contribution < -0.4 is 5.32 Å². The minimum absolute atomic E-state index is 0.692. The highest BCUT2D eigenvalue weighted by atomic mass is 32.1. The van der Waals surface area contributed by atoms with Crippen molar-refractivity contribution >= 4 is 33.3 Å². The Labute approximate surface area is 193 Å². The zero-order chi connectivity index (χ0) is 22.2. The number of pyridine rings is 3. The van der Waals surface area contributed by atoms with Gasteiger partial charge in [-0.25, -0.2) is 4.98 Å². The molecule has 0 aliphatic heterocycles. The van der Waals surface area contributed by atoms with Crippen molar-refractivity contribution in [3.63, 3.8) is 0 Å². The SMILES string of the molecule is CCNCc1cncc(-c2cc3c(-c4nc5c(-c6ccsc6)nccc5[nH]4)n[nH]c3cn2)c1. The minimum Gasteiger partial charge on any atom is -0.336 e. The van der Waals surface area contributed by atoms with Gasteiger partial charge in [0.1, 0.15) is 11.2 Å². The molecule has 0 bridgehead atoms. The second kappa shape index (κ2) is 8.19. The molecule has 0 saturated heterocycles. The molecule has 0 fully saturated rings. The molecule has 6 aromatic rings. The fourth-order valence-corrected chi connectivity index (χ4v) is 4.55. The lowest BCUT2D eigenvalue weighted by Crippen LogP contribution is -2.11. The summed E-state index contributed by atoms with van der Waals surface area (Å²) in [4.78, 5) is 21.9. The van der Waals surface area contributed by atoms with Crippen LogP contribution in [0.2, 0.25) is 0 Å². The molecule has 9 heteroatoms. The molecule has 33 heavy (non-hydrogen) atoms. The van der Waals surface area contributed by atoms with Gasteiger partial charge in [0.05, 0.1) is 28.6 Å². The normalized spacial score (nSPS) is 11.5. The first kappa shape index (κ1) is 19.7. The zero-order valence-electron chi connectivity index (χ0n) is 17.8. The molecule has 0 amide bonds. The Balaban J connectivity index is 1.44. The van der Waals surface area contributed by atoms with Gasteiger partial charge in [-0.05, 0) is 41.8 Å². The van der Waals surface area contributed by atoms with E-state index < -0.39 is 0 Å². The number of aromatic nitrogens is 7. The van der Waals surface area contributed by atoms with Crippen LogP contribution in [-0.2, 0) is 6.54 Å². The Bertz CT molecular complexity index is 1560. The molecule has 0 aromatic carbocycles. The number of rotatable bonds is 6. The third-order valence-corrected chi connectivity index (χ3v) is 6.22. The Kier molecular flexibility index (Phi) is 4.89. The van der Waals surface area contributed by atoms with Crippen LogP contribution in [0, 0.1) is 0 Å². The van der Waals surface area contributed by atoms with E-state index in [-0.39, 0.29) is 0 Å². The Morgan fingerprint density at radius 2 is 1.97 bits per heavy atom. The summed E-state index contributed by atoms with van der Waals surface area (Å²) in [5.74, 6) is 0.692. The highest BCUT2D eigenvalue weighted by Crippen LogP contribution is 2.32. The summed E-state index contributed by atoms with van der Waals surface area (Å²) in [7, 11) is 0. The topological polar surface area (TPSA) is 108 Å². The molecule has 0 saturated carbocycles. The lowest BCUT2D eigenvalue weighted by molar-refractivity contribution is 0.724. The zero-order valence-corrected chi connectivity index (χ0v) is 18.6. The molecule has 8 nitrogen and oxygen atoms in total. The summed E-state index contributed by atoms with van der Waals surface area (Å²) < 4.78 is 0. The molecule has 0 atom stereocenters. The van der Waals surface area contributed by atoms with E-state index in [4.69, 9.17) is 4.98 Å². The van der Waals surface area contributed by atoms with Crippen LogP contribution in [0.5, 0.6) is 0 Å². The molecule has 0 aliphatic carbocycles. The highest BCUT2D eigenvalue weighted by Gasteiger charge is 2.17. The number of H-pyrrole nitrogens is 2. The lowest BCUT2D eigenvalue weighted by atomic mass is 10.1. The molecular formula is C24H20N8S. The van der Waals surface area contributed by atoms with E-state index in [0.717, 1.165) is 68.8 Å². The fraction of sp³-hybridized carbons (Fsp3) is 0.125. The first-order chi connectivity index (χ1) is 16.3. The van der Waals surface area contributed by atoms with Crippen molar-refractivity contribution in [2.75, 3.05) is 6.54 Å². The molecule has 0 unspecified atom stereocenters. The summed E-state index contributed by atoms with van der Waals surface area (Å²) in [5.41, 5.74) is 8.20. The first-order valence-corrected chi connectivity index (χ1v) is 11.6. The van der Waals surface area contributed by atoms with Crippen LogP contribution in [0.25, 0.3) is 56.0 Å². The highest BCUT2D eigenvalue weighted by molar-refractivity contribution is 7.08. The van der Waals surface area contributed by atoms with Crippen LogP contribution in [0.3, 0.4) is 0 Å². The van der Waals surface area contributed by atoms with Crippen molar-refractivity contribution < 1.29 is 0 Å². The maximum atomic E-state index is 4.87. The molecule has 6 rings (SSSR count). The first-order valence-electron chi connectivity index (χ1n) is 10.7. The molecule has 162 valence electrons. The van der Waals surface area contributed by atoms with Gasteiger partial charge in [0.2, 0.25) is 0 Å². The third-order valence-electron chi connectivity index (χ3n) is 5.54. The smallest absolute Gasteiger partial charge is 0.159 e. The average molecular weight is 453 g/mol. The number of nitrogens with zero attached hydrogens (tertiary/aromatic N) is 5. The number of aromatic amines is 2. The van der Waals surface area contributed by atoms with Crippen LogP contribution >= 0.6 is 11.3 Å². The fourth-order valence-electron chi connectivity index (χ4n) is 3.91. The predicted octanol–water partition coefficient (Wildman–Crippen LogP) is 4.80. The van der Waals surface area contributed by atoms with Gasteiger partial charge in [0, 0.05) is 47.0 Å². The van der Waals surface area contributed by atoms with Gasteiger partial charge in [0.25, 0.3) is 0 Å². The summed E-state index contributed by atoms with van der Waals surface area (Å²) >= 11 is 1.64. The number of thiophene rings is 1. The van der Waals surface area contributed by atoms with Crippen molar-refractivity contribution in [3.8, 4) is 34.0 Å². The standard InChI is InChI=1S/C24H20N8S/c1-2-25-9-14-7-16(11-26-10-14)19-8-17-20(12-28-19)31-32-22(17)24-29-18-3-5-27-21(23(18)30-24)15-4-6-33-13-15/h3-8,10-13,25H,2,9H2,1H3,(H,29,30)(H,31,32). The van der Waals surface area contributed by atoms with Crippen molar-refractivity contribution in [1.82, 2.24) is 40.4 Å². The quantitative estimate of drug-likeness (QED) is 0.335. The molecule has 0 radical (unpaired) electrons. The van der Waals surface area contributed by atoms with Crippen LogP contribution in [0.4, 0.5) is 0 Å². The second-order valence-electron chi connectivity index (χ2n) is 7.70. The van der Waals surface area contributed by atoms with Crippen molar-refractivity contribution in [2.24, 2.45) is 0 Å². The molecular weight excluding hydrogens is 432 g/mol. The van der Waals surface area contributed by atoms with Gasteiger partial charge in [0.15, 0.2) is 5.82 Å². The maximum Gasteiger partial charge on any atom is 0.159 e. The van der Waals surface area contributed by atoms with Crippen LogP contribution in [-0.4, -0.2) is 41.7 Å². The molecule has 0 spiro atoms. The van der Waals surface area contributed by atoms with Gasteiger partial charge in [-0.2, -0.15) is 16.4 Å². The van der Waals surface area contributed by atoms with Gasteiger partial charge in [-0.1, -0.05) is 6.92 Å². The van der Waals surface area contributed by atoms with Gasteiger partial charge < -0.3 is 10.3 Å². The van der Waals surface area contributed by atoms with E-state index in [1.807, 2.05) is 29.9 Å². The molecule has 6 aromatic heterocycles. The molecule has 6 heterocycles.